The van der Waals surface area contributed by atoms with Gasteiger partial charge in [0.2, 0.25) is 11.8 Å². The minimum Gasteiger partial charge on any atom is -0.352 e. The Hall–Kier alpha value is -3.07. The summed E-state index contributed by atoms with van der Waals surface area (Å²) in [7, 11) is -4.15. The largest absolute Gasteiger partial charge is 0.352 e. The molecule has 1 aliphatic carbocycles. The summed E-state index contributed by atoms with van der Waals surface area (Å²) in [6, 6.07) is 18.0. The molecule has 0 aliphatic heterocycles. The number of hydrogen-bond acceptors (Lipinski definition) is 4. The van der Waals surface area contributed by atoms with Gasteiger partial charge in [-0.05, 0) is 74.1 Å². The molecule has 1 N–H and O–H groups in total. The second-order valence-corrected chi connectivity index (χ2v) is 14.0. The molecular weight excluding hydrogens is 617 g/mol. The van der Waals surface area contributed by atoms with E-state index in [0.717, 1.165) is 43.2 Å². The van der Waals surface area contributed by atoms with Crippen molar-refractivity contribution in [3.05, 3.63) is 93.5 Å². The second-order valence-electron chi connectivity index (χ2n) is 11.3. The molecule has 44 heavy (non-hydrogen) atoms. The Labute approximate surface area is 271 Å². The first-order chi connectivity index (χ1) is 21.0. The van der Waals surface area contributed by atoms with E-state index >= 15 is 0 Å². The SMILES string of the molecule is CCc1ccccc1N(CC(=O)N(Cc1ccc(Cl)cc1Cl)[C@H](CC)C(=O)NC1CCCCC1)S(=O)(=O)c1ccc(C)cc1. The normalized spacial score (nSPS) is 14.6. The molecule has 1 atom stereocenters. The average Bonchev–Trinajstić information content (AvgIpc) is 3.01. The lowest BCUT2D eigenvalue weighted by Gasteiger charge is -2.35. The van der Waals surface area contributed by atoms with E-state index in [9.17, 15) is 18.0 Å². The van der Waals surface area contributed by atoms with Crippen molar-refractivity contribution >= 4 is 50.7 Å². The molecule has 236 valence electrons. The highest BCUT2D eigenvalue weighted by atomic mass is 35.5. The van der Waals surface area contributed by atoms with E-state index in [-0.39, 0.29) is 23.4 Å². The van der Waals surface area contributed by atoms with Crippen LogP contribution in [-0.4, -0.2) is 43.8 Å². The predicted molar refractivity (Wildman–Crippen MR) is 178 cm³/mol. The van der Waals surface area contributed by atoms with Crippen molar-refractivity contribution in [2.75, 3.05) is 10.8 Å². The van der Waals surface area contributed by atoms with Crippen LogP contribution in [0, 0.1) is 6.92 Å². The van der Waals surface area contributed by atoms with Gasteiger partial charge in [0.25, 0.3) is 10.0 Å². The van der Waals surface area contributed by atoms with Crippen LogP contribution in [0.3, 0.4) is 0 Å². The van der Waals surface area contributed by atoms with Gasteiger partial charge in [0.15, 0.2) is 0 Å². The van der Waals surface area contributed by atoms with Crippen LogP contribution in [0.4, 0.5) is 5.69 Å². The van der Waals surface area contributed by atoms with E-state index in [0.29, 0.717) is 34.1 Å². The van der Waals surface area contributed by atoms with E-state index in [1.54, 1.807) is 54.6 Å². The number of halogens is 2. The number of para-hydroxylation sites is 1. The minimum atomic E-state index is -4.15. The summed E-state index contributed by atoms with van der Waals surface area (Å²) in [6.45, 7) is 5.19. The summed E-state index contributed by atoms with van der Waals surface area (Å²) in [4.78, 5) is 29.7. The predicted octanol–water partition coefficient (Wildman–Crippen LogP) is 7.32. The van der Waals surface area contributed by atoms with Gasteiger partial charge in [0.1, 0.15) is 12.6 Å². The first-order valence-electron chi connectivity index (χ1n) is 15.3. The van der Waals surface area contributed by atoms with Gasteiger partial charge in [-0.25, -0.2) is 8.42 Å². The number of nitrogens with zero attached hydrogens (tertiary/aromatic N) is 2. The van der Waals surface area contributed by atoms with Gasteiger partial charge >= 0.3 is 0 Å². The molecule has 3 aromatic rings. The minimum absolute atomic E-state index is 0.0132. The summed E-state index contributed by atoms with van der Waals surface area (Å²) in [5, 5.41) is 3.97. The zero-order valence-electron chi connectivity index (χ0n) is 25.6. The van der Waals surface area contributed by atoms with E-state index < -0.39 is 28.5 Å². The van der Waals surface area contributed by atoms with Crippen molar-refractivity contribution < 1.29 is 18.0 Å². The topological polar surface area (TPSA) is 86.8 Å². The van der Waals surface area contributed by atoms with Gasteiger partial charge < -0.3 is 10.2 Å². The first kappa shape index (κ1) is 33.8. The molecule has 10 heteroatoms. The molecule has 0 radical (unpaired) electrons. The number of hydrogen-bond donors (Lipinski definition) is 1. The van der Waals surface area contributed by atoms with Crippen LogP contribution < -0.4 is 9.62 Å². The van der Waals surface area contributed by atoms with E-state index in [2.05, 4.69) is 5.32 Å². The summed E-state index contributed by atoms with van der Waals surface area (Å²) in [5.74, 6) is -0.761. The van der Waals surface area contributed by atoms with Gasteiger partial charge in [0, 0.05) is 22.6 Å². The van der Waals surface area contributed by atoms with Crippen molar-refractivity contribution in [1.29, 1.82) is 0 Å². The molecule has 0 bridgehead atoms. The molecule has 1 saturated carbocycles. The van der Waals surface area contributed by atoms with Crippen LogP contribution in [0.5, 0.6) is 0 Å². The second kappa shape index (κ2) is 15.3. The zero-order valence-corrected chi connectivity index (χ0v) is 27.9. The fraction of sp³-hybridized carbons (Fsp3) is 0.412. The van der Waals surface area contributed by atoms with Crippen molar-refractivity contribution in [3.8, 4) is 0 Å². The number of anilines is 1. The Morgan fingerprint density at radius 3 is 2.25 bits per heavy atom. The van der Waals surface area contributed by atoms with Crippen LogP contribution in [0.25, 0.3) is 0 Å². The molecule has 0 unspecified atom stereocenters. The summed E-state index contributed by atoms with van der Waals surface area (Å²) in [5.41, 5.74) is 2.73. The third kappa shape index (κ3) is 8.14. The number of rotatable bonds is 12. The number of nitrogens with one attached hydrogen (secondary N) is 1. The van der Waals surface area contributed by atoms with Gasteiger partial charge in [-0.1, -0.05) is 98.3 Å². The quantitative estimate of drug-likeness (QED) is 0.221. The van der Waals surface area contributed by atoms with Crippen LogP contribution in [0.1, 0.15) is 69.1 Å². The van der Waals surface area contributed by atoms with E-state index in [4.69, 9.17) is 23.2 Å². The molecule has 1 aliphatic rings. The summed E-state index contributed by atoms with van der Waals surface area (Å²) >= 11 is 12.7. The molecule has 4 rings (SSSR count). The zero-order chi connectivity index (χ0) is 31.9. The highest BCUT2D eigenvalue weighted by Gasteiger charge is 2.35. The van der Waals surface area contributed by atoms with Crippen LogP contribution in [0.15, 0.2) is 71.6 Å². The Morgan fingerprint density at radius 1 is 0.932 bits per heavy atom. The number of sulfonamides is 1. The Balaban J connectivity index is 1.75. The average molecular weight is 659 g/mol. The molecule has 1 fully saturated rings. The fourth-order valence-corrected chi connectivity index (χ4v) is 7.62. The van der Waals surface area contributed by atoms with Crippen LogP contribution >= 0.6 is 23.2 Å². The van der Waals surface area contributed by atoms with Gasteiger partial charge in [-0.15, -0.1) is 0 Å². The molecule has 0 aromatic heterocycles. The van der Waals surface area contributed by atoms with Gasteiger partial charge in [-0.3, -0.25) is 13.9 Å². The Bertz CT molecular complexity index is 1560. The highest BCUT2D eigenvalue weighted by molar-refractivity contribution is 7.92. The van der Waals surface area contributed by atoms with Crippen molar-refractivity contribution in [2.24, 2.45) is 0 Å². The molecule has 0 spiro atoms. The number of benzene rings is 3. The van der Waals surface area contributed by atoms with Crippen molar-refractivity contribution in [1.82, 2.24) is 10.2 Å². The standard InChI is InChI=1S/C34H41Cl2N3O4S/c1-4-25-11-9-10-14-32(25)39(44(42,43)29-19-15-24(3)16-20-29)23-33(40)38(22-26-17-18-27(35)21-30(26)36)31(5-2)34(41)37-28-12-7-6-8-13-28/h9-11,14-21,28,31H,4-8,12-13,22-23H2,1-3H3,(H,37,41)/t31-/m1/s1. The monoisotopic (exact) mass is 657 g/mol. The maximum atomic E-state index is 14.4. The third-order valence-corrected chi connectivity index (χ3v) is 10.6. The third-order valence-electron chi connectivity index (χ3n) is 8.22. The summed E-state index contributed by atoms with van der Waals surface area (Å²) < 4.78 is 29.6. The number of aryl methyl sites for hydroxylation is 2. The van der Waals surface area contributed by atoms with Gasteiger partial charge in [0.05, 0.1) is 10.6 Å². The lowest BCUT2D eigenvalue weighted by Crippen LogP contribution is -2.54. The number of amides is 2. The maximum Gasteiger partial charge on any atom is 0.264 e. The Morgan fingerprint density at radius 2 is 1.61 bits per heavy atom. The number of carbonyl (C=O) groups excluding carboxylic acids is 2. The van der Waals surface area contributed by atoms with Crippen LogP contribution in [0.2, 0.25) is 10.0 Å². The Kier molecular flexibility index (Phi) is 11.7. The lowest BCUT2D eigenvalue weighted by atomic mass is 9.95. The molecule has 0 saturated heterocycles. The highest BCUT2D eigenvalue weighted by Crippen LogP contribution is 2.30. The summed E-state index contributed by atoms with van der Waals surface area (Å²) in [6.07, 6.45) is 5.95. The maximum absolute atomic E-state index is 14.4. The molecule has 0 heterocycles. The molecule has 2 amide bonds. The molecular formula is C34H41Cl2N3O4S. The smallest absolute Gasteiger partial charge is 0.264 e. The van der Waals surface area contributed by atoms with Crippen molar-refractivity contribution in [3.63, 3.8) is 0 Å². The lowest BCUT2D eigenvalue weighted by molar-refractivity contribution is -0.140. The van der Waals surface area contributed by atoms with Gasteiger partial charge in [-0.2, -0.15) is 0 Å². The van der Waals surface area contributed by atoms with E-state index in [1.165, 1.54) is 9.21 Å². The van der Waals surface area contributed by atoms with E-state index in [1.807, 2.05) is 32.9 Å². The van der Waals surface area contributed by atoms with Crippen LogP contribution in [-0.2, 0) is 32.6 Å². The molecule has 7 nitrogen and oxygen atoms in total. The molecule has 3 aromatic carbocycles. The number of carbonyl (C=O) groups is 2. The fourth-order valence-electron chi connectivity index (χ4n) is 5.70. The first-order valence-corrected chi connectivity index (χ1v) is 17.5. The van der Waals surface area contributed by atoms with Crippen molar-refractivity contribution in [2.45, 2.75) is 89.2 Å².